The van der Waals surface area contributed by atoms with Crippen LogP contribution in [-0.2, 0) is 9.84 Å². The van der Waals surface area contributed by atoms with Gasteiger partial charge in [-0.2, -0.15) is 0 Å². The molecule has 0 aromatic carbocycles. The molecule has 0 amide bonds. The smallest absolute Gasteiger partial charge is 0.151 e. The van der Waals surface area contributed by atoms with Crippen molar-refractivity contribution in [2.45, 2.75) is 25.8 Å². The average Bonchev–Trinajstić information content (AvgIpc) is 2.40. The number of sulfone groups is 1. The van der Waals surface area contributed by atoms with E-state index in [1.807, 2.05) is 0 Å². The van der Waals surface area contributed by atoms with Crippen LogP contribution < -0.4 is 5.32 Å². The summed E-state index contributed by atoms with van der Waals surface area (Å²) < 4.78 is 23.1. The van der Waals surface area contributed by atoms with Gasteiger partial charge >= 0.3 is 0 Å². The van der Waals surface area contributed by atoms with Crippen LogP contribution in [0.15, 0.2) is 0 Å². The fourth-order valence-corrected chi connectivity index (χ4v) is 4.12. The number of hydrogen-bond acceptors (Lipinski definition) is 4. The average molecular weight is 246 g/mol. The SMILES string of the molecule is CC1CNCCC1N1CCCS(=O)(=O)CC1. The van der Waals surface area contributed by atoms with Crippen molar-refractivity contribution in [3.63, 3.8) is 0 Å². The van der Waals surface area contributed by atoms with Crippen LogP contribution in [0.2, 0.25) is 0 Å². The fourth-order valence-electron chi connectivity index (χ4n) is 2.83. The number of piperidine rings is 1. The lowest BCUT2D eigenvalue weighted by atomic mass is 9.93. The molecule has 1 N–H and O–H groups in total. The Hall–Kier alpha value is -0.130. The van der Waals surface area contributed by atoms with E-state index in [1.54, 1.807) is 0 Å². The first-order valence-corrected chi connectivity index (χ1v) is 8.06. The summed E-state index contributed by atoms with van der Waals surface area (Å²) in [5.74, 6) is 1.36. The van der Waals surface area contributed by atoms with Gasteiger partial charge in [0.05, 0.1) is 11.5 Å². The minimum atomic E-state index is -2.77. The van der Waals surface area contributed by atoms with Crippen molar-refractivity contribution in [2.24, 2.45) is 5.92 Å². The van der Waals surface area contributed by atoms with Gasteiger partial charge < -0.3 is 5.32 Å². The third-order valence-corrected chi connectivity index (χ3v) is 5.51. The second-order valence-electron chi connectivity index (χ2n) is 5.08. The van der Waals surface area contributed by atoms with E-state index in [-0.39, 0.29) is 0 Å². The maximum absolute atomic E-state index is 11.5. The van der Waals surface area contributed by atoms with Crippen LogP contribution >= 0.6 is 0 Å². The van der Waals surface area contributed by atoms with Crippen molar-refractivity contribution in [3.05, 3.63) is 0 Å². The van der Waals surface area contributed by atoms with Gasteiger partial charge in [0.25, 0.3) is 0 Å². The summed E-state index contributed by atoms with van der Waals surface area (Å²) in [5.41, 5.74) is 0. The number of nitrogens with zero attached hydrogens (tertiary/aromatic N) is 1. The molecule has 0 bridgehead atoms. The molecular formula is C11H22N2O2S. The van der Waals surface area contributed by atoms with Crippen molar-refractivity contribution < 1.29 is 8.42 Å². The monoisotopic (exact) mass is 246 g/mol. The van der Waals surface area contributed by atoms with E-state index in [1.165, 1.54) is 0 Å². The Morgan fingerprint density at radius 2 is 2.06 bits per heavy atom. The van der Waals surface area contributed by atoms with Gasteiger partial charge in [0.1, 0.15) is 0 Å². The molecule has 0 saturated carbocycles. The standard InChI is InChI=1S/C11H22N2O2S/c1-10-9-12-4-3-11(10)13-5-2-7-16(14,15)8-6-13/h10-12H,2-9H2,1H3. The summed E-state index contributed by atoms with van der Waals surface area (Å²) in [6.45, 7) is 6.08. The molecule has 2 aliphatic rings. The van der Waals surface area contributed by atoms with Crippen molar-refractivity contribution in [3.8, 4) is 0 Å². The first kappa shape index (κ1) is 12.3. The van der Waals surface area contributed by atoms with Crippen molar-refractivity contribution in [1.82, 2.24) is 10.2 Å². The minimum absolute atomic E-state index is 0.351. The van der Waals surface area contributed by atoms with Gasteiger partial charge in [-0.3, -0.25) is 4.90 Å². The summed E-state index contributed by atoms with van der Waals surface area (Å²) in [4.78, 5) is 2.40. The Labute approximate surface area is 98.3 Å². The summed E-state index contributed by atoms with van der Waals surface area (Å²) >= 11 is 0. The van der Waals surface area contributed by atoms with Crippen LogP contribution in [0.25, 0.3) is 0 Å². The Morgan fingerprint density at radius 1 is 1.25 bits per heavy atom. The molecule has 0 aromatic rings. The maximum Gasteiger partial charge on any atom is 0.151 e. The lowest BCUT2D eigenvalue weighted by Gasteiger charge is -2.38. The van der Waals surface area contributed by atoms with E-state index in [0.717, 1.165) is 39.0 Å². The first-order valence-electron chi connectivity index (χ1n) is 6.24. The molecule has 2 atom stereocenters. The second kappa shape index (κ2) is 5.02. The van der Waals surface area contributed by atoms with Gasteiger partial charge in [0.2, 0.25) is 0 Å². The zero-order chi connectivity index (χ0) is 11.6. The summed E-state index contributed by atoms with van der Waals surface area (Å²) in [6, 6.07) is 0.578. The molecule has 2 fully saturated rings. The number of rotatable bonds is 1. The molecule has 2 unspecified atom stereocenters. The van der Waals surface area contributed by atoms with Gasteiger partial charge in [-0.25, -0.2) is 8.42 Å². The summed E-state index contributed by atoms with van der Waals surface area (Å²) in [7, 11) is -2.77. The molecule has 2 rings (SSSR count). The highest BCUT2D eigenvalue weighted by Crippen LogP contribution is 2.19. The third kappa shape index (κ3) is 2.96. The molecule has 2 saturated heterocycles. The van der Waals surface area contributed by atoms with Gasteiger partial charge in [-0.1, -0.05) is 6.92 Å². The lowest BCUT2D eigenvalue weighted by molar-refractivity contribution is 0.129. The molecular weight excluding hydrogens is 224 g/mol. The molecule has 5 heteroatoms. The molecule has 2 heterocycles. The van der Waals surface area contributed by atoms with Crippen molar-refractivity contribution in [2.75, 3.05) is 37.7 Å². The van der Waals surface area contributed by atoms with E-state index < -0.39 is 9.84 Å². The van der Waals surface area contributed by atoms with Gasteiger partial charge in [-0.15, -0.1) is 0 Å². The van der Waals surface area contributed by atoms with Gasteiger partial charge in [0, 0.05) is 12.6 Å². The third-order valence-electron chi connectivity index (χ3n) is 3.80. The molecule has 0 radical (unpaired) electrons. The minimum Gasteiger partial charge on any atom is -0.316 e. The van der Waals surface area contributed by atoms with E-state index in [9.17, 15) is 8.42 Å². The molecule has 4 nitrogen and oxygen atoms in total. The lowest BCUT2D eigenvalue weighted by Crippen LogP contribution is -2.49. The van der Waals surface area contributed by atoms with E-state index in [2.05, 4.69) is 17.1 Å². The van der Waals surface area contributed by atoms with Gasteiger partial charge in [0.15, 0.2) is 9.84 Å². The maximum atomic E-state index is 11.5. The predicted molar refractivity (Wildman–Crippen MR) is 65.3 cm³/mol. The molecule has 2 aliphatic heterocycles. The first-order chi connectivity index (χ1) is 7.58. The fraction of sp³-hybridized carbons (Fsp3) is 1.00. The summed E-state index contributed by atoms with van der Waals surface area (Å²) in [5, 5.41) is 3.39. The highest BCUT2D eigenvalue weighted by atomic mass is 32.2. The molecule has 0 aromatic heterocycles. The largest absolute Gasteiger partial charge is 0.316 e. The molecule has 94 valence electrons. The highest BCUT2D eigenvalue weighted by Gasteiger charge is 2.29. The van der Waals surface area contributed by atoms with Crippen molar-refractivity contribution in [1.29, 1.82) is 0 Å². The zero-order valence-electron chi connectivity index (χ0n) is 9.98. The predicted octanol–water partition coefficient (Wildman–Crippen LogP) is 0.105. The van der Waals surface area contributed by atoms with Crippen LogP contribution in [-0.4, -0.2) is 57.0 Å². The Bertz CT molecular complexity index is 329. The second-order valence-corrected chi connectivity index (χ2v) is 7.38. The normalized spacial score (nSPS) is 36.8. The zero-order valence-corrected chi connectivity index (χ0v) is 10.8. The molecule has 16 heavy (non-hydrogen) atoms. The van der Waals surface area contributed by atoms with E-state index >= 15 is 0 Å². The Kier molecular flexibility index (Phi) is 3.87. The van der Waals surface area contributed by atoms with Crippen LogP contribution in [0.5, 0.6) is 0 Å². The number of hydrogen-bond donors (Lipinski definition) is 1. The van der Waals surface area contributed by atoms with Crippen LogP contribution in [0.4, 0.5) is 0 Å². The molecule has 0 spiro atoms. The Morgan fingerprint density at radius 3 is 2.81 bits per heavy atom. The van der Waals surface area contributed by atoms with Crippen molar-refractivity contribution >= 4 is 9.84 Å². The molecule has 0 aliphatic carbocycles. The van der Waals surface area contributed by atoms with E-state index in [0.29, 0.717) is 23.5 Å². The topological polar surface area (TPSA) is 49.4 Å². The van der Waals surface area contributed by atoms with E-state index in [4.69, 9.17) is 0 Å². The van der Waals surface area contributed by atoms with Crippen LogP contribution in [0, 0.1) is 5.92 Å². The number of nitrogens with one attached hydrogen (secondary N) is 1. The Balaban J connectivity index is 1.98. The highest BCUT2D eigenvalue weighted by molar-refractivity contribution is 7.91. The van der Waals surface area contributed by atoms with Crippen LogP contribution in [0.1, 0.15) is 19.8 Å². The summed E-state index contributed by atoms with van der Waals surface area (Å²) in [6.07, 6.45) is 1.96. The quantitative estimate of drug-likeness (QED) is 0.713. The van der Waals surface area contributed by atoms with Gasteiger partial charge in [-0.05, 0) is 38.4 Å². The van der Waals surface area contributed by atoms with Crippen LogP contribution in [0.3, 0.4) is 0 Å².